The van der Waals surface area contributed by atoms with Crippen LogP contribution in [0.25, 0.3) is 11.0 Å². The fourth-order valence-corrected chi connectivity index (χ4v) is 2.32. The van der Waals surface area contributed by atoms with Crippen LogP contribution in [0, 0.1) is 0 Å². The van der Waals surface area contributed by atoms with Crippen LogP contribution in [-0.2, 0) is 17.9 Å². The van der Waals surface area contributed by atoms with Gasteiger partial charge in [0.25, 0.3) is 0 Å². The fraction of sp³-hybridized carbons (Fsp3) is 0.467. The van der Waals surface area contributed by atoms with Gasteiger partial charge in [-0.25, -0.2) is 4.98 Å². The molecule has 0 bridgehead atoms. The van der Waals surface area contributed by atoms with E-state index in [1.165, 1.54) is 0 Å². The molecule has 0 spiro atoms. The Morgan fingerprint density at radius 1 is 1.30 bits per heavy atom. The van der Waals surface area contributed by atoms with E-state index < -0.39 is 5.97 Å². The number of hydrogen-bond donors (Lipinski definition) is 1. The number of aryl methyl sites for hydroxylation is 1. The van der Waals surface area contributed by atoms with Crippen molar-refractivity contribution >= 4 is 17.0 Å². The van der Waals surface area contributed by atoms with Gasteiger partial charge in [-0.2, -0.15) is 0 Å². The first-order chi connectivity index (χ1) is 9.58. The number of unbranched alkanes of at least 4 members (excludes halogenated alkanes) is 1. The third-order valence-electron chi connectivity index (χ3n) is 3.21. The van der Waals surface area contributed by atoms with E-state index in [4.69, 9.17) is 5.11 Å². The number of carbonyl (C=O) groups is 1. The molecule has 0 atom stereocenters. The fourth-order valence-electron chi connectivity index (χ4n) is 2.32. The molecule has 1 aromatic heterocycles. The Hall–Kier alpha value is -1.88. The van der Waals surface area contributed by atoms with Crippen molar-refractivity contribution in [3.05, 3.63) is 30.1 Å². The van der Waals surface area contributed by atoms with Crippen molar-refractivity contribution in [1.82, 2.24) is 14.5 Å². The quantitative estimate of drug-likeness (QED) is 0.788. The summed E-state index contributed by atoms with van der Waals surface area (Å²) in [5, 5.41) is 8.69. The van der Waals surface area contributed by atoms with Crippen LogP contribution in [0.15, 0.2) is 24.3 Å². The van der Waals surface area contributed by atoms with E-state index in [0.717, 1.165) is 36.4 Å². The van der Waals surface area contributed by atoms with Crippen molar-refractivity contribution in [1.29, 1.82) is 0 Å². The van der Waals surface area contributed by atoms with Gasteiger partial charge in [0.05, 0.1) is 17.6 Å². The molecule has 0 aliphatic heterocycles. The number of hydrogen-bond acceptors (Lipinski definition) is 3. The highest BCUT2D eigenvalue weighted by Gasteiger charge is 2.10. The molecule has 0 unspecified atom stereocenters. The van der Waals surface area contributed by atoms with Crippen molar-refractivity contribution in [2.24, 2.45) is 0 Å². The molecule has 5 heteroatoms. The summed E-state index contributed by atoms with van der Waals surface area (Å²) in [6.45, 7) is 1.60. The maximum absolute atomic E-state index is 10.6. The van der Waals surface area contributed by atoms with E-state index >= 15 is 0 Å². The molecule has 0 fully saturated rings. The number of rotatable bonds is 7. The van der Waals surface area contributed by atoms with E-state index in [1.54, 1.807) is 0 Å². The topological polar surface area (TPSA) is 58.4 Å². The number of nitrogens with zero attached hydrogens (tertiary/aromatic N) is 3. The number of carboxylic acid groups (broad SMARTS) is 1. The van der Waals surface area contributed by atoms with Crippen LogP contribution in [0.2, 0.25) is 0 Å². The van der Waals surface area contributed by atoms with Gasteiger partial charge in [-0.3, -0.25) is 4.79 Å². The summed E-state index contributed by atoms with van der Waals surface area (Å²) in [4.78, 5) is 17.3. The summed E-state index contributed by atoms with van der Waals surface area (Å²) >= 11 is 0. The zero-order chi connectivity index (χ0) is 14.5. The Bertz CT molecular complexity index is 590. The minimum absolute atomic E-state index is 0.232. The molecule has 0 radical (unpaired) electrons. The molecule has 1 heterocycles. The summed E-state index contributed by atoms with van der Waals surface area (Å²) < 4.78 is 2.21. The monoisotopic (exact) mass is 275 g/mol. The SMILES string of the molecule is CN(C)Cc1nc2ccccc2n1CCCCC(=O)O. The second kappa shape index (κ2) is 6.52. The zero-order valence-electron chi connectivity index (χ0n) is 12.0. The van der Waals surface area contributed by atoms with Gasteiger partial charge in [-0.1, -0.05) is 12.1 Å². The van der Waals surface area contributed by atoms with Gasteiger partial charge in [0.15, 0.2) is 0 Å². The third-order valence-corrected chi connectivity index (χ3v) is 3.21. The molecule has 0 aliphatic rings. The summed E-state index contributed by atoms with van der Waals surface area (Å²) in [7, 11) is 4.04. The van der Waals surface area contributed by atoms with Crippen molar-refractivity contribution in [3.63, 3.8) is 0 Å². The van der Waals surface area contributed by atoms with E-state index in [9.17, 15) is 4.79 Å². The van der Waals surface area contributed by atoms with E-state index in [0.29, 0.717) is 6.42 Å². The number of aliphatic carboxylic acids is 1. The summed E-state index contributed by atoms with van der Waals surface area (Å²) in [6.07, 6.45) is 1.78. The highest BCUT2D eigenvalue weighted by molar-refractivity contribution is 5.75. The van der Waals surface area contributed by atoms with Crippen molar-refractivity contribution in [2.75, 3.05) is 14.1 Å². The summed E-state index contributed by atoms with van der Waals surface area (Å²) in [6, 6.07) is 8.08. The summed E-state index contributed by atoms with van der Waals surface area (Å²) in [5.74, 6) is 0.306. The first-order valence-corrected chi connectivity index (χ1v) is 6.88. The minimum atomic E-state index is -0.728. The normalized spacial score (nSPS) is 11.3. The number of para-hydroxylation sites is 2. The van der Waals surface area contributed by atoms with Gasteiger partial charge in [-0.05, 0) is 39.1 Å². The van der Waals surface area contributed by atoms with Gasteiger partial charge in [0.1, 0.15) is 5.82 Å². The Morgan fingerprint density at radius 2 is 2.05 bits per heavy atom. The van der Waals surface area contributed by atoms with Crippen LogP contribution in [-0.4, -0.2) is 39.6 Å². The molecule has 20 heavy (non-hydrogen) atoms. The van der Waals surface area contributed by atoms with E-state index in [1.807, 2.05) is 32.3 Å². The molecule has 1 N–H and O–H groups in total. The highest BCUT2D eigenvalue weighted by Crippen LogP contribution is 2.18. The van der Waals surface area contributed by atoms with Crippen LogP contribution in [0.4, 0.5) is 0 Å². The number of benzene rings is 1. The number of fused-ring (bicyclic) bond motifs is 1. The highest BCUT2D eigenvalue weighted by atomic mass is 16.4. The van der Waals surface area contributed by atoms with Gasteiger partial charge < -0.3 is 14.6 Å². The maximum atomic E-state index is 10.6. The predicted octanol–water partition coefficient (Wildman–Crippen LogP) is 2.35. The molecule has 2 rings (SSSR count). The van der Waals surface area contributed by atoms with Crippen LogP contribution in [0.1, 0.15) is 25.1 Å². The molecule has 0 aliphatic carbocycles. The summed E-state index contributed by atoms with van der Waals surface area (Å²) in [5.41, 5.74) is 2.13. The molecule has 1 aromatic carbocycles. The van der Waals surface area contributed by atoms with Crippen LogP contribution < -0.4 is 0 Å². The Kier molecular flexibility index (Phi) is 4.74. The maximum Gasteiger partial charge on any atom is 0.303 e. The Balaban J connectivity index is 2.17. The van der Waals surface area contributed by atoms with Crippen molar-refractivity contribution < 1.29 is 9.90 Å². The Labute approximate surface area is 118 Å². The number of aromatic nitrogens is 2. The van der Waals surface area contributed by atoms with Crippen molar-refractivity contribution in [2.45, 2.75) is 32.4 Å². The first-order valence-electron chi connectivity index (χ1n) is 6.88. The van der Waals surface area contributed by atoms with Crippen LogP contribution >= 0.6 is 0 Å². The molecule has 0 amide bonds. The number of imidazole rings is 1. The number of carboxylic acids is 1. The van der Waals surface area contributed by atoms with E-state index in [-0.39, 0.29) is 6.42 Å². The molecule has 0 saturated heterocycles. The zero-order valence-corrected chi connectivity index (χ0v) is 12.0. The molecular formula is C15H21N3O2. The lowest BCUT2D eigenvalue weighted by Gasteiger charge is -2.12. The Morgan fingerprint density at radius 3 is 2.75 bits per heavy atom. The molecule has 108 valence electrons. The van der Waals surface area contributed by atoms with Crippen LogP contribution in [0.3, 0.4) is 0 Å². The average Bonchev–Trinajstić information content (AvgIpc) is 2.71. The largest absolute Gasteiger partial charge is 0.481 e. The lowest BCUT2D eigenvalue weighted by molar-refractivity contribution is -0.137. The van der Waals surface area contributed by atoms with Gasteiger partial charge in [0.2, 0.25) is 0 Å². The van der Waals surface area contributed by atoms with Gasteiger partial charge >= 0.3 is 5.97 Å². The second-order valence-corrected chi connectivity index (χ2v) is 5.26. The molecule has 2 aromatic rings. The van der Waals surface area contributed by atoms with Crippen molar-refractivity contribution in [3.8, 4) is 0 Å². The second-order valence-electron chi connectivity index (χ2n) is 5.26. The first kappa shape index (κ1) is 14.5. The van der Waals surface area contributed by atoms with E-state index in [2.05, 4.69) is 20.5 Å². The minimum Gasteiger partial charge on any atom is -0.481 e. The smallest absolute Gasteiger partial charge is 0.303 e. The molecular weight excluding hydrogens is 254 g/mol. The predicted molar refractivity (Wildman–Crippen MR) is 78.6 cm³/mol. The van der Waals surface area contributed by atoms with Gasteiger partial charge in [-0.15, -0.1) is 0 Å². The lowest BCUT2D eigenvalue weighted by Crippen LogP contribution is -2.15. The molecule has 5 nitrogen and oxygen atoms in total. The average molecular weight is 275 g/mol. The van der Waals surface area contributed by atoms with Gasteiger partial charge in [0, 0.05) is 13.0 Å². The third kappa shape index (κ3) is 3.57. The lowest BCUT2D eigenvalue weighted by atomic mass is 10.2. The standard InChI is InChI=1S/C15H21N3O2/c1-17(2)11-14-16-12-7-3-4-8-13(12)18(14)10-6-5-9-15(19)20/h3-4,7-8H,5-6,9-11H2,1-2H3,(H,19,20). The molecule has 0 saturated carbocycles. The van der Waals surface area contributed by atoms with Crippen LogP contribution in [0.5, 0.6) is 0 Å².